The summed E-state index contributed by atoms with van der Waals surface area (Å²) < 4.78 is 5.40. The Morgan fingerprint density at radius 1 is 1.22 bits per heavy atom. The van der Waals surface area contributed by atoms with Crippen molar-refractivity contribution in [1.82, 2.24) is 0 Å². The molecule has 3 nitrogen and oxygen atoms in total. The molecule has 0 saturated heterocycles. The van der Waals surface area contributed by atoms with Crippen LogP contribution in [0, 0.1) is 0 Å². The molecule has 0 fully saturated rings. The number of aliphatic hydroxyl groups is 2. The number of allylic oxidation sites excluding steroid dienone is 1. The van der Waals surface area contributed by atoms with Gasteiger partial charge in [-0.05, 0) is 12.0 Å². The summed E-state index contributed by atoms with van der Waals surface area (Å²) in [6.07, 6.45) is 3.57. The maximum atomic E-state index is 9.68. The van der Waals surface area contributed by atoms with Gasteiger partial charge in [-0.2, -0.15) is 0 Å². The molecule has 2 N–H and O–H groups in total. The van der Waals surface area contributed by atoms with Gasteiger partial charge >= 0.3 is 0 Å². The van der Waals surface area contributed by atoms with Crippen molar-refractivity contribution in [2.75, 3.05) is 6.61 Å². The van der Waals surface area contributed by atoms with Crippen LogP contribution < -0.4 is 0 Å². The molecule has 0 spiro atoms. The van der Waals surface area contributed by atoms with Gasteiger partial charge in [-0.15, -0.1) is 0 Å². The maximum Gasteiger partial charge on any atom is 0.0801 e. The molecular weight excluding hydrogens is 228 g/mol. The summed E-state index contributed by atoms with van der Waals surface area (Å²) in [5.74, 6) is 0. The zero-order valence-electron chi connectivity index (χ0n) is 10.8. The smallest absolute Gasteiger partial charge is 0.0801 e. The first-order chi connectivity index (χ1) is 8.72. The third kappa shape index (κ3) is 6.55. The molecule has 3 heteroatoms. The molecule has 0 aromatic heterocycles. The quantitative estimate of drug-likeness (QED) is 0.696. The van der Waals surface area contributed by atoms with Crippen LogP contribution in [0.15, 0.2) is 42.5 Å². The zero-order valence-corrected chi connectivity index (χ0v) is 10.8. The van der Waals surface area contributed by atoms with Crippen LogP contribution >= 0.6 is 0 Å². The van der Waals surface area contributed by atoms with Crippen LogP contribution in [0.2, 0.25) is 0 Å². The largest absolute Gasteiger partial charge is 0.391 e. The summed E-state index contributed by atoms with van der Waals surface area (Å²) in [4.78, 5) is 0. The fourth-order valence-corrected chi connectivity index (χ4v) is 1.61. The number of hydrogen-bond acceptors (Lipinski definition) is 3. The molecule has 1 aromatic carbocycles. The Balaban J connectivity index is 2.17. The van der Waals surface area contributed by atoms with Crippen molar-refractivity contribution < 1.29 is 14.9 Å². The number of aliphatic hydroxyl groups excluding tert-OH is 2. The van der Waals surface area contributed by atoms with Gasteiger partial charge in [0.15, 0.2) is 0 Å². The third-order valence-electron chi connectivity index (χ3n) is 2.53. The second kappa shape index (κ2) is 8.86. The standard InChI is InChI=1S/C15H22O3/c1-2-3-9-14(16)10-15(17)12-18-11-13-7-5-4-6-8-13/h3-9,14-17H,2,10-12H2,1H3/b9-3+/t14-,15+/m0/s1. The van der Waals surface area contributed by atoms with Crippen molar-refractivity contribution in [3.8, 4) is 0 Å². The van der Waals surface area contributed by atoms with E-state index in [2.05, 4.69) is 0 Å². The monoisotopic (exact) mass is 250 g/mol. The van der Waals surface area contributed by atoms with Crippen molar-refractivity contribution in [3.05, 3.63) is 48.0 Å². The van der Waals surface area contributed by atoms with E-state index < -0.39 is 12.2 Å². The molecule has 100 valence electrons. The van der Waals surface area contributed by atoms with E-state index >= 15 is 0 Å². The number of rotatable bonds is 8. The van der Waals surface area contributed by atoms with Crippen molar-refractivity contribution >= 4 is 0 Å². The summed E-state index contributed by atoms with van der Waals surface area (Å²) in [7, 11) is 0. The SMILES string of the molecule is CC/C=C/[C@H](O)C[C@@H](O)COCc1ccccc1. The third-order valence-corrected chi connectivity index (χ3v) is 2.53. The molecule has 0 saturated carbocycles. The fourth-order valence-electron chi connectivity index (χ4n) is 1.61. The van der Waals surface area contributed by atoms with Crippen LogP contribution in [0.25, 0.3) is 0 Å². The molecule has 0 bridgehead atoms. The first kappa shape index (κ1) is 14.9. The topological polar surface area (TPSA) is 49.7 Å². The highest BCUT2D eigenvalue weighted by Crippen LogP contribution is 2.04. The predicted molar refractivity (Wildman–Crippen MR) is 72.2 cm³/mol. The van der Waals surface area contributed by atoms with Gasteiger partial charge in [-0.1, -0.05) is 49.4 Å². The average molecular weight is 250 g/mol. The molecule has 1 aromatic rings. The van der Waals surface area contributed by atoms with Crippen molar-refractivity contribution in [2.45, 2.75) is 38.6 Å². The van der Waals surface area contributed by atoms with E-state index in [4.69, 9.17) is 4.74 Å². The van der Waals surface area contributed by atoms with E-state index in [1.165, 1.54) is 0 Å². The van der Waals surface area contributed by atoms with Crippen LogP contribution in [-0.4, -0.2) is 29.0 Å². The molecule has 1 rings (SSSR count). The average Bonchev–Trinajstić information content (AvgIpc) is 2.37. The second-order valence-corrected chi connectivity index (χ2v) is 4.29. The van der Waals surface area contributed by atoms with Crippen LogP contribution in [0.3, 0.4) is 0 Å². The van der Waals surface area contributed by atoms with Gasteiger partial charge < -0.3 is 14.9 Å². The molecule has 0 aliphatic heterocycles. The molecule has 0 amide bonds. The van der Waals surface area contributed by atoms with Gasteiger partial charge in [-0.3, -0.25) is 0 Å². The van der Waals surface area contributed by atoms with E-state index in [0.29, 0.717) is 13.0 Å². The summed E-state index contributed by atoms with van der Waals surface area (Å²) in [6.45, 7) is 2.73. The Kier molecular flexibility index (Phi) is 7.34. The minimum Gasteiger partial charge on any atom is -0.391 e. The summed E-state index contributed by atoms with van der Waals surface area (Å²) in [5.41, 5.74) is 1.08. The number of ether oxygens (including phenoxy) is 1. The molecule has 18 heavy (non-hydrogen) atoms. The molecule has 2 atom stereocenters. The van der Waals surface area contributed by atoms with Gasteiger partial charge in [0.1, 0.15) is 0 Å². The Hall–Kier alpha value is -1.16. The first-order valence-electron chi connectivity index (χ1n) is 6.36. The maximum absolute atomic E-state index is 9.68. The summed E-state index contributed by atoms with van der Waals surface area (Å²) in [6, 6.07) is 9.81. The molecular formula is C15H22O3. The van der Waals surface area contributed by atoms with Gasteiger partial charge in [0.2, 0.25) is 0 Å². The Morgan fingerprint density at radius 2 is 1.94 bits per heavy atom. The van der Waals surface area contributed by atoms with Crippen LogP contribution in [0.1, 0.15) is 25.3 Å². The minimum absolute atomic E-state index is 0.242. The molecule has 0 aliphatic carbocycles. The lowest BCUT2D eigenvalue weighted by Gasteiger charge is -2.13. The number of hydrogen-bond donors (Lipinski definition) is 2. The van der Waals surface area contributed by atoms with Gasteiger partial charge in [0, 0.05) is 6.42 Å². The first-order valence-corrected chi connectivity index (χ1v) is 6.36. The second-order valence-electron chi connectivity index (χ2n) is 4.29. The van der Waals surface area contributed by atoms with E-state index in [-0.39, 0.29) is 6.61 Å². The Labute approximate surface area is 109 Å². The number of benzene rings is 1. The van der Waals surface area contributed by atoms with Gasteiger partial charge in [0.05, 0.1) is 25.4 Å². The van der Waals surface area contributed by atoms with Crippen molar-refractivity contribution in [1.29, 1.82) is 0 Å². The lowest BCUT2D eigenvalue weighted by Crippen LogP contribution is -2.21. The summed E-state index contributed by atoms with van der Waals surface area (Å²) >= 11 is 0. The van der Waals surface area contributed by atoms with E-state index in [1.807, 2.05) is 43.3 Å². The van der Waals surface area contributed by atoms with Crippen LogP contribution in [0.5, 0.6) is 0 Å². The van der Waals surface area contributed by atoms with Crippen molar-refractivity contribution in [2.24, 2.45) is 0 Å². The summed E-state index contributed by atoms with van der Waals surface area (Å²) in [5, 5.41) is 19.2. The highest BCUT2D eigenvalue weighted by Gasteiger charge is 2.09. The normalized spacial score (nSPS) is 14.8. The minimum atomic E-state index is -0.634. The molecule has 0 radical (unpaired) electrons. The van der Waals surface area contributed by atoms with Crippen LogP contribution in [-0.2, 0) is 11.3 Å². The highest BCUT2D eigenvalue weighted by atomic mass is 16.5. The lowest BCUT2D eigenvalue weighted by atomic mass is 10.1. The van der Waals surface area contributed by atoms with Gasteiger partial charge in [-0.25, -0.2) is 0 Å². The van der Waals surface area contributed by atoms with Gasteiger partial charge in [0.25, 0.3) is 0 Å². The van der Waals surface area contributed by atoms with Crippen molar-refractivity contribution in [3.63, 3.8) is 0 Å². The lowest BCUT2D eigenvalue weighted by molar-refractivity contribution is 0.00837. The van der Waals surface area contributed by atoms with E-state index in [0.717, 1.165) is 12.0 Å². The van der Waals surface area contributed by atoms with E-state index in [1.54, 1.807) is 6.08 Å². The molecule has 0 heterocycles. The Morgan fingerprint density at radius 3 is 2.61 bits per heavy atom. The zero-order chi connectivity index (χ0) is 13.2. The predicted octanol–water partition coefficient (Wildman–Crippen LogP) is 2.28. The molecule has 0 aliphatic rings. The molecule has 0 unspecified atom stereocenters. The van der Waals surface area contributed by atoms with Crippen LogP contribution in [0.4, 0.5) is 0 Å². The fraction of sp³-hybridized carbons (Fsp3) is 0.467. The van der Waals surface area contributed by atoms with E-state index in [9.17, 15) is 10.2 Å². The Bertz CT molecular complexity index is 335. The highest BCUT2D eigenvalue weighted by molar-refractivity contribution is 5.13.